The molecule has 3 aromatic rings. The molecule has 0 bridgehead atoms. The number of aromatic hydroxyl groups is 2. The van der Waals surface area contributed by atoms with E-state index in [4.69, 9.17) is 5.26 Å². The van der Waals surface area contributed by atoms with Gasteiger partial charge < -0.3 is 10.2 Å². The molecule has 0 radical (unpaired) electrons. The third kappa shape index (κ3) is 2.85. The first-order chi connectivity index (χ1) is 11.1. The molecule has 0 amide bonds. The van der Waals surface area contributed by atoms with Gasteiger partial charge in [-0.2, -0.15) is 5.26 Å². The number of nitrogens with zero attached hydrogens (tertiary/aromatic N) is 1. The molecule has 0 atom stereocenters. The Morgan fingerprint density at radius 2 is 1.17 bits per heavy atom. The van der Waals surface area contributed by atoms with Crippen molar-refractivity contribution in [2.45, 2.75) is 0 Å². The molecule has 23 heavy (non-hydrogen) atoms. The summed E-state index contributed by atoms with van der Waals surface area (Å²) in [6.45, 7) is 0. The maximum absolute atomic E-state index is 13.1. The maximum Gasteiger partial charge on any atom is 0.158 e. The molecule has 0 spiro atoms. The standard InChI is InChI=1S/C19H12FNO2/c20-15-7-5-14(6-8-15)17-10-19(23)18(22)9-16(17)13-3-1-12(11-21)2-4-13/h1-10,22-23H. The molecule has 3 aromatic carbocycles. The van der Waals surface area contributed by atoms with Crippen molar-refractivity contribution in [1.29, 1.82) is 5.26 Å². The van der Waals surface area contributed by atoms with E-state index in [0.29, 0.717) is 22.3 Å². The summed E-state index contributed by atoms with van der Waals surface area (Å²) in [7, 11) is 0. The van der Waals surface area contributed by atoms with E-state index in [-0.39, 0.29) is 17.3 Å². The number of nitriles is 1. The zero-order valence-corrected chi connectivity index (χ0v) is 12.0. The monoisotopic (exact) mass is 305 g/mol. The molecule has 0 aliphatic heterocycles. The number of hydrogen-bond donors (Lipinski definition) is 2. The van der Waals surface area contributed by atoms with Crippen LogP contribution in [0.4, 0.5) is 4.39 Å². The summed E-state index contributed by atoms with van der Waals surface area (Å²) < 4.78 is 13.1. The van der Waals surface area contributed by atoms with Gasteiger partial charge in [0.05, 0.1) is 11.6 Å². The zero-order chi connectivity index (χ0) is 16.4. The molecule has 0 saturated heterocycles. The van der Waals surface area contributed by atoms with Crippen LogP contribution in [0.25, 0.3) is 22.3 Å². The van der Waals surface area contributed by atoms with E-state index in [2.05, 4.69) is 0 Å². The van der Waals surface area contributed by atoms with E-state index in [0.717, 1.165) is 5.56 Å². The van der Waals surface area contributed by atoms with Crippen molar-refractivity contribution >= 4 is 0 Å². The first-order valence-corrected chi connectivity index (χ1v) is 6.91. The van der Waals surface area contributed by atoms with Crippen LogP contribution in [-0.4, -0.2) is 10.2 Å². The molecular formula is C19H12FNO2. The van der Waals surface area contributed by atoms with E-state index < -0.39 is 0 Å². The lowest BCUT2D eigenvalue weighted by atomic mass is 9.93. The largest absolute Gasteiger partial charge is 0.504 e. The van der Waals surface area contributed by atoms with Crippen LogP contribution < -0.4 is 0 Å². The average molecular weight is 305 g/mol. The van der Waals surface area contributed by atoms with Crippen LogP contribution in [0.3, 0.4) is 0 Å². The smallest absolute Gasteiger partial charge is 0.158 e. The summed E-state index contributed by atoms with van der Waals surface area (Å²) >= 11 is 0. The van der Waals surface area contributed by atoms with Gasteiger partial charge in [0.1, 0.15) is 5.82 Å². The van der Waals surface area contributed by atoms with Crippen LogP contribution in [0.1, 0.15) is 5.56 Å². The minimum atomic E-state index is -0.350. The molecule has 0 fully saturated rings. The third-order valence-electron chi connectivity index (χ3n) is 3.59. The Morgan fingerprint density at radius 3 is 1.61 bits per heavy atom. The van der Waals surface area contributed by atoms with Gasteiger partial charge in [0.15, 0.2) is 11.5 Å². The van der Waals surface area contributed by atoms with E-state index in [1.54, 1.807) is 36.4 Å². The number of rotatable bonds is 2. The summed E-state index contributed by atoms with van der Waals surface area (Å²) in [5.74, 6) is -0.839. The Kier molecular flexibility index (Phi) is 3.70. The normalized spacial score (nSPS) is 10.3. The van der Waals surface area contributed by atoms with Gasteiger partial charge in [0.2, 0.25) is 0 Å². The highest BCUT2D eigenvalue weighted by Crippen LogP contribution is 2.39. The van der Waals surface area contributed by atoms with Gasteiger partial charge in [0, 0.05) is 0 Å². The van der Waals surface area contributed by atoms with Crippen molar-refractivity contribution in [2.75, 3.05) is 0 Å². The Labute approximate surface area is 132 Å². The van der Waals surface area contributed by atoms with E-state index in [1.807, 2.05) is 6.07 Å². The highest BCUT2D eigenvalue weighted by atomic mass is 19.1. The average Bonchev–Trinajstić information content (AvgIpc) is 2.58. The Balaban J connectivity index is 2.20. The van der Waals surface area contributed by atoms with Crippen molar-refractivity contribution in [3.63, 3.8) is 0 Å². The predicted molar refractivity (Wildman–Crippen MR) is 85.3 cm³/mol. The second-order valence-corrected chi connectivity index (χ2v) is 5.08. The molecule has 2 N–H and O–H groups in total. The Morgan fingerprint density at radius 1 is 0.739 bits per heavy atom. The number of benzene rings is 3. The van der Waals surface area contributed by atoms with Crippen LogP contribution in [0.5, 0.6) is 11.5 Å². The van der Waals surface area contributed by atoms with Gasteiger partial charge in [-0.15, -0.1) is 0 Å². The fourth-order valence-corrected chi connectivity index (χ4v) is 2.41. The minimum absolute atomic E-state index is 0.241. The fraction of sp³-hybridized carbons (Fsp3) is 0. The van der Waals surface area contributed by atoms with Crippen molar-refractivity contribution in [3.8, 4) is 39.8 Å². The molecule has 0 unspecified atom stereocenters. The first-order valence-electron chi connectivity index (χ1n) is 6.91. The van der Waals surface area contributed by atoms with Crippen molar-refractivity contribution < 1.29 is 14.6 Å². The quantitative estimate of drug-likeness (QED) is 0.688. The molecule has 0 aliphatic rings. The van der Waals surface area contributed by atoms with Crippen LogP contribution >= 0.6 is 0 Å². The summed E-state index contributed by atoms with van der Waals surface area (Å²) in [4.78, 5) is 0. The highest BCUT2D eigenvalue weighted by molar-refractivity contribution is 5.86. The van der Waals surface area contributed by atoms with Gasteiger partial charge in [-0.1, -0.05) is 24.3 Å². The molecule has 3 rings (SSSR count). The van der Waals surface area contributed by atoms with E-state index in [9.17, 15) is 14.6 Å². The fourth-order valence-electron chi connectivity index (χ4n) is 2.41. The van der Waals surface area contributed by atoms with Gasteiger partial charge in [-0.3, -0.25) is 0 Å². The first kappa shape index (κ1) is 14.6. The zero-order valence-electron chi connectivity index (χ0n) is 12.0. The summed E-state index contributed by atoms with van der Waals surface area (Å²) in [6.07, 6.45) is 0. The molecule has 112 valence electrons. The topological polar surface area (TPSA) is 64.2 Å². The molecule has 0 saturated carbocycles. The predicted octanol–water partition coefficient (Wildman–Crippen LogP) is 4.44. The highest BCUT2D eigenvalue weighted by Gasteiger charge is 2.12. The van der Waals surface area contributed by atoms with Crippen LogP contribution in [0, 0.1) is 17.1 Å². The third-order valence-corrected chi connectivity index (χ3v) is 3.59. The number of phenolic OH excluding ortho intramolecular Hbond substituents is 2. The maximum atomic E-state index is 13.1. The Bertz CT molecular complexity index is 894. The molecule has 0 aliphatic carbocycles. The number of hydrogen-bond acceptors (Lipinski definition) is 3. The molecule has 0 aromatic heterocycles. The number of phenols is 2. The van der Waals surface area contributed by atoms with Crippen LogP contribution in [-0.2, 0) is 0 Å². The van der Waals surface area contributed by atoms with Crippen LogP contribution in [0.2, 0.25) is 0 Å². The molecular weight excluding hydrogens is 293 g/mol. The van der Waals surface area contributed by atoms with Crippen molar-refractivity contribution in [2.24, 2.45) is 0 Å². The summed E-state index contributed by atoms with van der Waals surface area (Å²) in [5.41, 5.74) is 3.35. The molecule has 3 nitrogen and oxygen atoms in total. The summed E-state index contributed by atoms with van der Waals surface area (Å²) in [6, 6.07) is 17.7. The van der Waals surface area contributed by atoms with E-state index >= 15 is 0 Å². The number of halogens is 1. The molecule has 4 heteroatoms. The summed E-state index contributed by atoms with van der Waals surface area (Å²) in [5, 5.41) is 28.5. The van der Waals surface area contributed by atoms with Crippen LogP contribution in [0.15, 0.2) is 60.7 Å². The van der Waals surface area contributed by atoms with Gasteiger partial charge in [-0.25, -0.2) is 4.39 Å². The van der Waals surface area contributed by atoms with Crippen molar-refractivity contribution in [3.05, 3.63) is 72.0 Å². The lowest BCUT2D eigenvalue weighted by molar-refractivity contribution is 0.404. The Hall–Kier alpha value is -3.32. The lowest BCUT2D eigenvalue weighted by Gasteiger charge is -2.12. The van der Waals surface area contributed by atoms with Crippen molar-refractivity contribution in [1.82, 2.24) is 0 Å². The van der Waals surface area contributed by atoms with E-state index in [1.165, 1.54) is 24.3 Å². The van der Waals surface area contributed by atoms with Gasteiger partial charge in [-0.05, 0) is 58.7 Å². The second-order valence-electron chi connectivity index (χ2n) is 5.08. The SMILES string of the molecule is N#Cc1ccc(-c2cc(O)c(O)cc2-c2ccc(F)cc2)cc1. The minimum Gasteiger partial charge on any atom is -0.504 e. The second kappa shape index (κ2) is 5.82. The lowest BCUT2D eigenvalue weighted by Crippen LogP contribution is -1.87. The molecule has 0 heterocycles. The van der Waals surface area contributed by atoms with Gasteiger partial charge >= 0.3 is 0 Å². The van der Waals surface area contributed by atoms with Gasteiger partial charge in [0.25, 0.3) is 0 Å².